The summed E-state index contributed by atoms with van der Waals surface area (Å²) in [5.74, 6) is 0.599. The molecule has 0 saturated carbocycles. The fraction of sp³-hybridized carbons (Fsp3) is 0.667. The summed E-state index contributed by atoms with van der Waals surface area (Å²) in [6, 6.07) is 8.66. The van der Waals surface area contributed by atoms with Crippen LogP contribution in [0.2, 0.25) is 0 Å². The molecule has 0 amide bonds. The second kappa shape index (κ2) is 5.85. The number of hydrogen-bond donors (Lipinski definition) is 1. The molecule has 110 valence electrons. The minimum Gasteiger partial charge on any atom is -0.316 e. The first-order valence-electron chi connectivity index (χ1n) is 8.14. The van der Waals surface area contributed by atoms with Crippen molar-refractivity contribution in [3.8, 4) is 0 Å². The Hall–Kier alpha value is -0.890. The first-order valence-corrected chi connectivity index (χ1v) is 8.14. The summed E-state index contributed by atoms with van der Waals surface area (Å²) in [5, 5.41) is 3.36. The van der Waals surface area contributed by atoms with Gasteiger partial charge in [0.2, 0.25) is 0 Å². The van der Waals surface area contributed by atoms with Crippen LogP contribution < -0.4 is 5.32 Å². The Kier molecular flexibility index (Phi) is 4.11. The van der Waals surface area contributed by atoms with Gasteiger partial charge in [0, 0.05) is 12.5 Å². The minimum atomic E-state index is -1.04. The number of benzene rings is 1. The van der Waals surface area contributed by atoms with Gasteiger partial charge < -0.3 is 5.32 Å². The molecular weight excluding hydrogens is 249 g/mol. The molecule has 3 unspecified atom stereocenters. The second-order valence-electron chi connectivity index (χ2n) is 6.81. The van der Waals surface area contributed by atoms with Gasteiger partial charge in [0.15, 0.2) is 0 Å². The van der Waals surface area contributed by atoms with Gasteiger partial charge in [-0.05, 0) is 69.0 Å². The van der Waals surface area contributed by atoms with Gasteiger partial charge in [0.05, 0.1) is 0 Å². The van der Waals surface area contributed by atoms with Crippen molar-refractivity contribution in [3.05, 3.63) is 35.4 Å². The number of hydrogen-bond acceptors (Lipinski definition) is 1. The van der Waals surface area contributed by atoms with Crippen molar-refractivity contribution >= 4 is 0 Å². The van der Waals surface area contributed by atoms with Gasteiger partial charge in [0.1, 0.15) is 5.67 Å². The fourth-order valence-corrected chi connectivity index (χ4v) is 4.08. The Labute approximate surface area is 122 Å². The summed E-state index contributed by atoms with van der Waals surface area (Å²) in [6.07, 6.45) is 6.37. The highest BCUT2D eigenvalue weighted by Crippen LogP contribution is 2.41. The fourth-order valence-electron chi connectivity index (χ4n) is 4.08. The van der Waals surface area contributed by atoms with Crippen molar-refractivity contribution in [1.29, 1.82) is 0 Å². The molecule has 1 N–H and O–H groups in total. The normalized spacial score (nSPS) is 29.5. The van der Waals surface area contributed by atoms with Gasteiger partial charge in [-0.3, -0.25) is 0 Å². The lowest BCUT2D eigenvalue weighted by Gasteiger charge is -2.37. The van der Waals surface area contributed by atoms with Crippen molar-refractivity contribution in [1.82, 2.24) is 5.32 Å². The molecule has 1 saturated heterocycles. The van der Waals surface area contributed by atoms with Gasteiger partial charge >= 0.3 is 0 Å². The molecular formula is C18H26FN. The molecule has 1 aliphatic heterocycles. The van der Waals surface area contributed by atoms with Gasteiger partial charge in [-0.15, -0.1) is 0 Å². The highest BCUT2D eigenvalue weighted by atomic mass is 19.1. The summed E-state index contributed by atoms with van der Waals surface area (Å²) in [4.78, 5) is 0. The minimum absolute atomic E-state index is 0.185. The van der Waals surface area contributed by atoms with Crippen LogP contribution in [0, 0.1) is 5.92 Å². The highest BCUT2D eigenvalue weighted by Gasteiger charge is 2.38. The van der Waals surface area contributed by atoms with Crippen LogP contribution in [-0.4, -0.2) is 18.8 Å². The van der Waals surface area contributed by atoms with E-state index >= 15 is 4.39 Å². The Bertz CT molecular complexity index is 448. The summed E-state index contributed by atoms with van der Waals surface area (Å²) in [7, 11) is 0. The highest BCUT2D eigenvalue weighted by molar-refractivity contribution is 5.32. The van der Waals surface area contributed by atoms with Crippen LogP contribution in [0.1, 0.15) is 56.1 Å². The van der Waals surface area contributed by atoms with Crippen LogP contribution in [-0.2, 0) is 6.42 Å². The van der Waals surface area contributed by atoms with E-state index in [9.17, 15) is 0 Å². The van der Waals surface area contributed by atoms with E-state index < -0.39 is 5.67 Å². The number of alkyl halides is 1. The summed E-state index contributed by atoms with van der Waals surface area (Å²) in [5.41, 5.74) is 1.82. The molecule has 1 heterocycles. The third-order valence-corrected chi connectivity index (χ3v) is 5.29. The first kappa shape index (κ1) is 14.1. The molecule has 0 bridgehead atoms. The van der Waals surface area contributed by atoms with E-state index in [0.717, 1.165) is 32.4 Å². The summed E-state index contributed by atoms with van der Waals surface area (Å²) in [6.45, 7) is 3.74. The standard InChI is InChI=1S/C18H26FN/c1-18(19,16-9-5-11-20-13-16)12-15-8-4-7-14-6-2-3-10-17(14)15/h2-3,6,10,15-16,20H,4-5,7-9,11-13H2,1H3. The zero-order valence-electron chi connectivity index (χ0n) is 12.5. The summed E-state index contributed by atoms with van der Waals surface area (Å²) < 4.78 is 15.2. The Morgan fingerprint density at radius 1 is 1.25 bits per heavy atom. The van der Waals surface area contributed by atoms with E-state index in [0.29, 0.717) is 12.3 Å². The molecule has 0 aromatic heterocycles. The molecule has 0 spiro atoms. The van der Waals surface area contributed by atoms with Gasteiger partial charge in [-0.1, -0.05) is 24.3 Å². The number of nitrogens with one attached hydrogen (secondary N) is 1. The van der Waals surface area contributed by atoms with Crippen molar-refractivity contribution < 1.29 is 4.39 Å². The van der Waals surface area contributed by atoms with Crippen LogP contribution in [0.4, 0.5) is 4.39 Å². The number of piperidine rings is 1. The largest absolute Gasteiger partial charge is 0.316 e. The molecule has 0 radical (unpaired) electrons. The van der Waals surface area contributed by atoms with Crippen molar-refractivity contribution in [2.45, 2.75) is 57.0 Å². The van der Waals surface area contributed by atoms with Crippen LogP contribution in [0.25, 0.3) is 0 Å². The van der Waals surface area contributed by atoms with E-state index in [1.165, 1.54) is 24.0 Å². The molecule has 3 atom stereocenters. The van der Waals surface area contributed by atoms with Crippen molar-refractivity contribution in [3.63, 3.8) is 0 Å². The predicted molar refractivity (Wildman–Crippen MR) is 81.8 cm³/mol. The Morgan fingerprint density at radius 3 is 2.90 bits per heavy atom. The number of aryl methyl sites for hydroxylation is 1. The number of halogens is 1. The van der Waals surface area contributed by atoms with Crippen LogP contribution in [0.5, 0.6) is 0 Å². The van der Waals surface area contributed by atoms with E-state index in [1.54, 1.807) is 0 Å². The lowest BCUT2D eigenvalue weighted by atomic mass is 9.73. The maximum Gasteiger partial charge on any atom is 0.112 e. The van der Waals surface area contributed by atoms with Crippen molar-refractivity contribution in [2.24, 2.45) is 5.92 Å². The second-order valence-corrected chi connectivity index (χ2v) is 6.81. The first-order chi connectivity index (χ1) is 9.67. The summed E-state index contributed by atoms with van der Waals surface area (Å²) >= 11 is 0. The van der Waals surface area contributed by atoms with E-state index in [4.69, 9.17) is 0 Å². The van der Waals surface area contributed by atoms with E-state index in [-0.39, 0.29) is 5.92 Å². The SMILES string of the molecule is CC(F)(CC1CCCc2ccccc21)C1CCCNC1. The molecule has 20 heavy (non-hydrogen) atoms. The topological polar surface area (TPSA) is 12.0 Å². The Balaban J connectivity index is 1.74. The Morgan fingerprint density at radius 2 is 2.10 bits per heavy atom. The molecule has 1 aromatic carbocycles. The lowest BCUT2D eigenvalue weighted by Crippen LogP contribution is -2.42. The van der Waals surface area contributed by atoms with Crippen LogP contribution in [0.3, 0.4) is 0 Å². The van der Waals surface area contributed by atoms with Crippen molar-refractivity contribution in [2.75, 3.05) is 13.1 Å². The molecule has 2 heteroatoms. The van der Waals surface area contributed by atoms with Gasteiger partial charge in [0.25, 0.3) is 0 Å². The zero-order valence-corrected chi connectivity index (χ0v) is 12.5. The maximum atomic E-state index is 15.2. The third kappa shape index (κ3) is 2.90. The number of fused-ring (bicyclic) bond motifs is 1. The monoisotopic (exact) mass is 275 g/mol. The lowest BCUT2D eigenvalue weighted by molar-refractivity contribution is 0.0638. The third-order valence-electron chi connectivity index (χ3n) is 5.29. The van der Waals surface area contributed by atoms with Crippen LogP contribution in [0.15, 0.2) is 24.3 Å². The predicted octanol–water partition coefficient (Wildman–Crippen LogP) is 4.22. The van der Waals surface area contributed by atoms with Gasteiger partial charge in [-0.25, -0.2) is 4.39 Å². The zero-order chi connectivity index (χ0) is 14.0. The molecule has 1 nitrogen and oxygen atoms in total. The molecule has 1 aromatic rings. The molecule has 1 aliphatic carbocycles. The average molecular weight is 275 g/mol. The molecule has 3 rings (SSSR count). The number of rotatable bonds is 3. The van der Waals surface area contributed by atoms with E-state index in [1.807, 2.05) is 6.92 Å². The average Bonchev–Trinajstić information content (AvgIpc) is 2.48. The molecule has 2 aliphatic rings. The quantitative estimate of drug-likeness (QED) is 0.870. The molecule has 1 fully saturated rings. The maximum absolute atomic E-state index is 15.2. The van der Waals surface area contributed by atoms with Crippen LogP contribution >= 0.6 is 0 Å². The smallest absolute Gasteiger partial charge is 0.112 e. The van der Waals surface area contributed by atoms with E-state index in [2.05, 4.69) is 29.6 Å². The van der Waals surface area contributed by atoms with Gasteiger partial charge in [-0.2, -0.15) is 0 Å².